The van der Waals surface area contributed by atoms with Crippen LogP contribution in [0.3, 0.4) is 0 Å². The molecule has 0 saturated heterocycles. The number of hydrogen-bond acceptors (Lipinski definition) is 2. The summed E-state index contributed by atoms with van der Waals surface area (Å²) in [6, 6.07) is 16.4. The summed E-state index contributed by atoms with van der Waals surface area (Å²) in [5.74, 6) is -1.32. The fourth-order valence-electron chi connectivity index (χ4n) is 2.01. The quantitative estimate of drug-likeness (QED) is 0.395. The average molecular weight is 385 g/mol. The highest BCUT2D eigenvalue weighted by molar-refractivity contribution is 9.09. The van der Waals surface area contributed by atoms with E-state index >= 15 is 0 Å². The standard InChI is InChI=1S/C17H16BrF3N2/c18-12-14(17(19,20)21)9-6-13-7-10-16(11-8-13)23-22-15-4-2-1-3-5-15/h1-5,7-8,10-11,14H,6,9,12H2/b23-22+. The fourth-order valence-corrected chi connectivity index (χ4v) is 2.70. The monoisotopic (exact) mass is 384 g/mol. The van der Waals surface area contributed by atoms with Crippen molar-refractivity contribution in [2.75, 3.05) is 5.33 Å². The largest absolute Gasteiger partial charge is 0.392 e. The minimum atomic E-state index is -4.16. The van der Waals surface area contributed by atoms with Crippen LogP contribution in [-0.2, 0) is 6.42 Å². The van der Waals surface area contributed by atoms with E-state index in [9.17, 15) is 13.2 Å². The van der Waals surface area contributed by atoms with Crippen molar-refractivity contribution in [1.82, 2.24) is 0 Å². The minimum absolute atomic E-state index is 0.0691. The van der Waals surface area contributed by atoms with Crippen LogP contribution in [0, 0.1) is 5.92 Å². The molecule has 0 spiro atoms. The number of alkyl halides is 4. The molecule has 122 valence electrons. The molecule has 0 aliphatic heterocycles. The maximum absolute atomic E-state index is 12.7. The van der Waals surface area contributed by atoms with Crippen molar-refractivity contribution >= 4 is 27.3 Å². The molecule has 2 rings (SSSR count). The van der Waals surface area contributed by atoms with E-state index in [0.29, 0.717) is 12.1 Å². The van der Waals surface area contributed by atoms with E-state index in [2.05, 4.69) is 26.2 Å². The van der Waals surface area contributed by atoms with E-state index in [0.717, 1.165) is 11.3 Å². The molecule has 2 aromatic carbocycles. The topological polar surface area (TPSA) is 24.7 Å². The van der Waals surface area contributed by atoms with Crippen LogP contribution >= 0.6 is 15.9 Å². The first-order valence-electron chi connectivity index (χ1n) is 7.17. The highest BCUT2D eigenvalue weighted by Gasteiger charge is 2.38. The zero-order chi connectivity index (χ0) is 16.7. The molecule has 0 aromatic heterocycles. The Bertz CT molecular complexity index is 625. The third kappa shape index (κ3) is 5.78. The summed E-state index contributed by atoms with van der Waals surface area (Å²) in [5, 5.41) is 8.13. The van der Waals surface area contributed by atoms with Gasteiger partial charge in [0.15, 0.2) is 0 Å². The number of hydrogen-bond donors (Lipinski definition) is 0. The maximum atomic E-state index is 12.7. The molecule has 0 fully saturated rings. The Morgan fingerprint density at radius 2 is 1.43 bits per heavy atom. The molecule has 1 unspecified atom stereocenters. The van der Waals surface area contributed by atoms with Gasteiger partial charge in [-0.2, -0.15) is 23.4 Å². The Morgan fingerprint density at radius 1 is 0.870 bits per heavy atom. The minimum Gasteiger partial charge on any atom is -0.171 e. The zero-order valence-electron chi connectivity index (χ0n) is 12.3. The molecule has 0 N–H and O–H groups in total. The second kappa shape index (κ2) is 8.24. The van der Waals surface area contributed by atoms with E-state index in [4.69, 9.17) is 0 Å². The summed E-state index contributed by atoms with van der Waals surface area (Å²) in [5.41, 5.74) is 2.28. The van der Waals surface area contributed by atoms with Gasteiger partial charge in [-0.25, -0.2) is 0 Å². The number of halogens is 4. The van der Waals surface area contributed by atoms with Gasteiger partial charge >= 0.3 is 6.18 Å². The van der Waals surface area contributed by atoms with Crippen molar-refractivity contribution in [3.63, 3.8) is 0 Å². The van der Waals surface area contributed by atoms with Crippen LogP contribution in [0.25, 0.3) is 0 Å². The average Bonchev–Trinajstić information content (AvgIpc) is 2.54. The van der Waals surface area contributed by atoms with Crippen molar-refractivity contribution in [2.24, 2.45) is 16.1 Å². The number of benzene rings is 2. The second-order valence-corrected chi connectivity index (χ2v) is 5.78. The van der Waals surface area contributed by atoms with E-state index in [1.165, 1.54) is 0 Å². The van der Waals surface area contributed by atoms with Crippen LogP contribution in [-0.4, -0.2) is 11.5 Å². The summed E-state index contributed by atoms with van der Waals surface area (Å²) in [4.78, 5) is 0. The molecular formula is C17H16BrF3N2. The summed E-state index contributed by atoms with van der Waals surface area (Å²) < 4.78 is 38.1. The fraction of sp³-hybridized carbons (Fsp3) is 0.294. The molecule has 1 atom stereocenters. The number of aryl methyl sites for hydroxylation is 1. The van der Waals surface area contributed by atoms with Crippen molar-refractivity contribution in [1.29, 1.82) is 0 Å². The first-order chi connectivity index (χ1) is 11.0. The van der Waals surface area contributed by atoms with Gasteiger partial charge in [0, 0.05) is 5.33 Å². The van der Waals surface area contributed by atoms with Gasteiger partial charge in [-0.1, -0.05) is 46.3 Å². The molecule has 2 nitrogen and oxygen atoms in total. The normalized spacial score (nSPS) is 13.4. The predicted molar refractivity (Wildman–Crippen MR) is 88.7 cm³/mol. The lowest BCUT2D eigenvalue weighted by Crippen LogP contribution is -2.24. The molecule has 23 heavy (non-hydrogen) atoms. The van der Waals surface area contributed by atoms with Gasteiger partial charge in [0.25, 0.3) is 0 Å². The number of nitrogens with zero attached hydrogens (tertiary/aromatic N) is 2. The number of azo groups is 1. The van der Waals surface area contributed by atoms with Crippen LogP contribution in [0.4, 0.5) is 24.5 Å². The van der Waals surface area contributed by atoms with Crippen LogP contribution in [0.2, 0.25) is 0 Å². The van der Waals surface area contributed by atoms with Crippen molar-refractivity contribution in [3.8, 4) is 0 Å². The van der Waals surface area contributed by atoms with Crippen molar-refractivity contribution in [3.05, 3.63) is 60.2 Å². The van der Waals surface area contributed by atoms with Gasteiger partial charge in [0.05, 0.1) is 17.3 Å². The SMILES string of the molecule is FC(F)(F)C(CBr)CCc1ccc(/N=N/c2ccccc2)cc1. The Kier molecular flexibility index (Phi) is 6.33. The van der Waals surface area contributed by atoms with E-state index in [1.54, 1.807) is 24.3 Å². The molecule has 0 bridgehead atoms. The summed E-state index contributed by atoms with van der Waals surface area (Å²) in [6.45, 7) is 0. The van der Waals surface area contributed by atoms with E-state index in [-0.39, 0.29) is 11.8 Å². The molecule has 0 heterocycles. The molecule has 0 aliphatic rings. The van der Waals surface area contributed by atoms with Gasteiger partial charge in [0.1, 0.15) is 0 Å². The van der Waals surface area contributed by atoms with Crippen LogP contribution in [0.1, 0.15) is 12.0 Å². The molecule has 0 amide bonds. The zero-order valence-corrected chi connectivity index (χ0v) is 13.9. The van der Waals surface area contributed by atoms with Gasteiger partial charge in [-0.3, -0.25) is 0 Å². The van der Waals surface area contributed by atoms with Gasteiger partial charge in [-0.05, 0) is 42.7 Å². The highest BCUT2D eigenvalue weighted by Crippen LogP contribution is 2.31. The number of rotatable bonds is 6. The van der Waals surface area contributed by atoms with Gasteiger partial charge in [0.2, 0.25) is 0 Å². The van der Waals surface area contributed by atoms with Crippen LogP contribution < -0.4 is 0 Å². The maximum Gasteiger partial charge on any atom is 0.392 e. The molecule has 0 saturated carbocycles. The van der Waals surface area contributed by atoms with Gasteiger partial charge in [-0.15, -0.1) is 0 Å². The first kappa shape index (κ1) is 17.7. The predicted octanol–water partition coefficient (Wildman–Crippen LogP) is 6.61. The van der Waals surface area contributed by atoms with E-state index < -0.39 is 12.1 Å². The van der Waals surface area contributed by atoms with E-state index in [1.807, 2.05) is 30.3 Å². The lowest BCUT2D eigenvalue weighted by Gasteiger charge is -2.17. The third-order valence-electron chi connectivity index (χ3n) is 3.40. The lowest BCUT2D eigenvalue weighted by molar-refractivity contribution is -0.169. The second-order valence-electron chi connectivity index (χ2n) is 5.13. The molecule has 0 aliphatic carbocycles. The third-order valence-corrected chi connectivity index (χ3v) is 4.19. The van der Waals surface area contributed by atoms with Gasteiger partial charge < -0.3 is 0 Å². The van der Waals surface area contributed by atoms with Crippen LogP contribution in [0.5, 0.6) is 0 Å². The first-order valence-corrected chi connectivity index (χ1v) is 8.29. The summed E-state index contributed by atoms with van der Waals surface area (Å²) in [7, 11) is 0. The summed E-state index contributed by atoms with van der Waals surface area (Å²) >= 11 is 2.93. The Hall–Kier alpha value is -1.69. The highest BCUT2D eigenvalue weighted by atomic mass is 79.9. The van der Waals surface area contributed by atoms with Crippen LogP contribution in [0.15, 0.2) is 64.8 Å². The van der Waals surface area contributed by atoms with Crippen molar-refractivity contribution < 1.29 is 13.2 Å². The lowest BCUT2D eigenvalue weighted by atomic mass is 10.0. The molecule has 6 heteroatoms. The molecule has 2 aromatic rings. The Labute approximate surface area is 141 Å². The van der Waals surface area contributed by atoms with Crippen molar-refractivity contribution in [2.45, 2.75) is 19.0 Å². The molecule has 0 radical (unpaired) electrons. The molecular weight excluding hydrogens is 369 g/mol. The summed E-state index contributed by atoms with van der Waals surface area (Å²) in [6.07, 6.45) is -3.71. The Balaban J connectivity index is 1.93. The smallest absolute Gasteiger partial charge is 0.171 e. The Morgan fingerprint density at radius 3 is 1.96 bits per heavy atom.